The Morgan fingerprint density at radius 2 is 1.71 bits per heavy atom. The molecule has 1 aromatic heterocycles. The van der Waals surface area contributed by atoms with Gasteiger partial charge in [0.15, 0.2) is 5.52 Å². The standard InChI is InChI=1S/C18H30N5O4P/c1-5-12(6-2)19-17(26)15(24)10-14-11(4)21-22-23(14)9-8-16(25)20-13(7-3)18(27)28/h12-13H,5-10,28H2,1-4H3,(H,19,26)(H,20,25). The van der Waals surface area contributed by atoms with Gasteiger partial charge in [-0.15, -0.1) is 5.10 Å². The predicted octanol–water partition coefficient (Wildman–Crippen LogP) is 0.690. The summed E-state index contributed by atoms with van der Waals surface area (Å²) in [6.45, 7) is 7.60. The van der Waals surface area contributed by atoms with Gasteiger partial charge in [-0.3, -0.25) is 19.2 Å². The molecule has 0 aliphatic rings. The molecule has 0 aromatic carbocycles. The number of nitrogens with one attached hydrogen (secondary N) is 2. The summed E-state index contributed by atoms with van der Waals surface area (Å²) in [4.78, 5) is 47.8. The molecule has 2 amide bonds. The summed E-state index contributed by atoms with van der Waals surface area (Å²) in [6, 6.07) is -0.569. The van der Waals surface area contributed by atoms with Crippen LogP contribution in [0.25, 0.3) is 0 Å². The second-order valence-electron chi connectivity index (χ2n) is 6.61. The molecule has 0 radical (unpaired) electrons. The first-order chi connectivity index (χ1) is 13.2. The van der Waals surface area contributed by atoms with Crippen molar-refractivity contribution >= 4 is 32.4 Å². The van der Waals surface area contributed by atoms with Crippen molar-refractivity contribution in [2.75, 3.05) is 0 Å². The van der Waals surface area contributed by atoms with Gasteiger partial charge in [-0.05, 0) is 26.2 Å². The van der Waals surface area contributed by atoms with Crippen LogP contribution in [0.5, 0.6) is 0 Å². The number of carbonyl (C=O) groups is 4. The van der Waals surface area contributed by atoms with Crippen molar-refractivity contribution < 1.29 is 19.2 Å². The first-order valence-corrected chi connectivity index (χ1v) is 10.1. The van der Waals surface area contributed by atoms with Crippen molar-refractivity contribution in [3.63, 3.8) is 0 Å². The molecule has 28 heavy (non-hydrogen) atoms. The topological polar surface area (TPSA) is 123 Å². The average molecular weight is 411 g/mol. The van der Waals surface area contributed by atoms with E-state index in [0.717, 1.165) is 12.8 Å². The number of ketones is 1. The molecular weight excluding hydrogens is 381 g/mol. The Balaban J connectivity index is 2.70. The molecule has 0 bridgehead atoms. The Kier molecular flexibility index (Phi) is 9.93. The number of hydrogen-bond acceptors (Lipinski definition) is 6. The van der Waals surface area contributed by atoms with E-state index in [1.54, 1.807) is 6.92 Å². The van der Waals surface area contributed by atoms with E-state index in [4.69, 9.17) is 0 Å². The van der Waals surface area contributed by atoms with Crippen molar-refractivity contribution in [1.82, 2.24) is 25.6 Å². The lowest BCUT2D eigenvalue weighted by Crippen LogP contribution is -2.39. The van der Waals surface area contributed by atoms with Crippen LogP contribution in [0.4, 0.5) is 0 Å². The maximum Gasteiger partial charge on any atom is 0.288 e. The molecule has 1 heterocycles. The van der Waals surface area contributed by atoms with Crippen molar-refractivity contribution in [3.8, 4) is 0 Å². The molecule has 0 saturated heterocycles. The van der Waals surface area contributed by atoms with Crippen molar-refractivity contribution in [2.24, 2.45) is 0 Å². The fraction of sp³-hybridized carbons (Fsp3) is 0.667. The van der Waals surface area contributed by atoms with Gasteiger partial charge < -0.3 is 10.6 Å². The fourth-order valence-electron chi connectivity index (χ4n) is 2.66. The largest absolute Gasteiger partial charge is 0.347 e. The van der Waals surface area contributed by atoms with Crippen LogP contribution in [0.2, 0.25) is 0 Å². The Labute approximate surface area is 167 Å². The lowest BCUT2D eigenvalue weighted by atomic mass is 10.1. The lowest BCUT2D eigenvalue weighted by Gasteiger charge is -2.14. The molecule has 0 fully saturated rings. The number of hydrogen-bond donors (Lipinski definition) is 2. The number of Topliss-reactive ketones (excluding diaryl/α,β-unsaturated/α-hetero) is 1. The number of aromatic nitrogens is 3. The van der Waals surface area contributed by atoms with Gasteiger partial charge >= 0.3 is 0 Å². The summed E-state index contributed by atoms with van der Waals surface area (Å²) in [5, 5.41) is 13.3. The summed E-state index contributed by atoms with van der Waals surface area (Å²) in [5.41, 5.74) is 0.865. The van der Waals surface area contributed by atoms with Crippen LogP contribution in [0.15, 0.2) is 0 Å². The smallest absolute Gasteiger partial charge is 0.288 e. The van der Waals surface area contributed by atoms with Crippen LogP contribution < -0.4 is 10.6 Å². The molecule has 156 valence electrons. The molecule has 2 unspecified atom stereocenters. The van der Waals surface area contributed by atoms with Crippen LogP contribution in [-0.2, 0) is 32.1 Å². The molecule has 0 spiro atoms. The molecule has 1 rings (SSSR count). The van der Waals surface area contributed by atoms with Gasteiger partial charge in [-0.1, -0.05) is 35.2 Å². The second-order valence-corrected chi connectivity index (χ2v) is 7.18. The molecule has 0 aliphatic carbocycles. The average Bonchev–Trinajstić information content (AvgIpc) is 3.01. The number of carbonyl (C=O) groups excluding carboxylic acids is 4. The van der Waals surface area contributed by atoms with Crippen molar-refractivity contribution in [1.29, 1.82) is 0 Å². The summed E-state index contributed by atoms with van der Waals surface area (Å²) in [5.74, 6) is -1.48. The number of rotatable bonds is 12. The van der Waals surface area contributed by atoms with Crippen LogP contribution in [0, 0.1) is 6.92 Å². The van der Waals surface area contributed by atoms with Crippen molar-refractivity contribution in [3.05, 3.63) is 11.4 Å². The molecule has 9 nitrogen and oxygen atoms in total. The van der Waals surface area contributed by atoms with Crippen LogP contribution >= 0.6 is 9.24 Å². The Morgan fingerprint density at radius 3 is 2.25 bits per heavy atom. The highest BCUT2D eigenvalue weighted by Crippen LogP contribution is 2.08. The summed E-state index contributed by atoms with van der Waals surface area (Å²) >= 11 is 0. The summed E-state index contributed by atoms with van der Waals surface area (Å²) in [7, 11) is 2.07. The van der Waals surface area contributed by atoms with Gasteiger partial charge in [0.1, 0.15) is 0 Å². The van der Waals surface area contributed by atoms with Crippen LogP contribution in [0.1, 0.15) is 57.8 Å². The van der Waals surface area contributed by atoms with Crippen LogP contribution in [-0.4, -0.2) is 50.2 Å². The molecule has 2 N–H and O–H groups in total. The fourth-order valence-corrected chi connectivity index (χ4v) is 2.98. The highest BCUT2D eigenvalue weighted by molar-refractivity contribution is 7.40. The lowest BCUT2D eigenvalue weighted by molar-refractivity contribution is -0.138. The number of aryl methyl sites for hydroxylation is 2. The van der Waals surface area contributed by atoms with E-state index in [1.165, 1.54) is 4.68 Å². The van der Waals surface area contributed by atoms with Crippen molar-refractivity contribution in [2.45, 2.75) is 78.4 Å². The van der Waals surface area contributed by atoms with E-state index in [-0.39, 0.29) is 36.9 Å². The van der Waals surface area contributed by atoms with E-state index in [2.05, 4.69) is 30.2 Å². The highest BCUT2D eigenvalue weighted by atomic mass is 31.0. The van der Waals surface area contributed by atoms with Crippen LogP contribution in [0.3, 0.4) is 0 Å². The zero-order valence-corrected chi connectivity index (χ0v) is 18.1. The predicted molar refractivity (Wildman–Crippen MR) is 108 cm³/mol. The maximum atomic E-state index is 12.3. The Morgan fingerprint density at radius 1 is 1.07 bits per heavy atom. The van der Waals surface area contributed by atoms with Gasteiger partial charge in [0.05, 0.1) is 30.4 Å². The van der Waals surface area contributed by atoms with E-state index in [0.29, 0.717) is 17.8 Å². The molecule has 0 aliphatic heterocycles. The molecule has 10 heteroatoms. The SMILES string of the molecule is CCC(CC)NC(=O)C(=O)Cc1c(C)nnn1CCC(=O)NC(CC)C(=O)P. The third-order valence-corrected chi connectivity index (χ3v) is 4.97. The highest BCUT2D eigenvalue weighted by Gasteiger charge is 2.22. The minimum atomic E-state index is -0.622. The first kappa shape index (κ1) is 23.9. The normalized spacial score (nSPS) is 11.9. The van der Waals surface area contributed by atoms with Gasteiger partial charge in [0, 0.05) is 12.5 Å². The van der Waals surface area contributed by atoms with E-state index < -0.39 is 17.7 Å². The quantitative estimate of drug-likeness (QED) is 0.385. The molecule has 2 atom stereocenters. The van der Waals surface area contributed by atoms with Gasteiger partial charge in [0.2, 0.25) is 11.7 Å². The monoisotopic (exact) mass is 411 g/mol. The summed E-state index contributed by atoms with van der Waals surface area (Å²) in [6.07, 6.45) is 1.95. The van der Waals surface area contributed by atoms with Gasteiger partial charge in [-0.25, -0.2) is 4.68 Å². The van der Waals surface area contributed by atoms with Gasteiger partial charge in [-0.2, -0.15) is 0 Å². The number of amides is 2. The van der Waals surface area contributed by atoms with E-state index >= 15 is 0 Å². The Hall–Kier alpha value is -2.15. The van der Waals surface area contributed by atoms with E-state index in [9.17, 15) is 19.2 Å². The van der Waals surface area contributed by atoms with Gasteiger partial charge in [0.25, 0.3) is 5.91 Å². The zero-order chi connectivity index (χ0) is 21.3. The molecular formula is C18H30N5O4P. The summed E-state index contributed by atoms with van der Waals surface area (Å²) < 4.78 is 1.46. The third-order valence-electron chi connectivity index (χ3n) is 4.57. The number of nitrogens with zero attached hydrogens (tertiary/aromatic N) is 3. The maximum absolute atomic E-state index is 12.3. The third kappa shape index (κ3) is 7.11. The van der Waals surface area contributed by atoms with E-state index in [1.807, 2.05) is 20.8 Å². The molecule has 0 saturated carbocycles. The molecule has 1 aromatic rings. The Bertz CT molecular complexity index is 715. The minimum Gasteiger partial charge on any atom is -0.347 e. The minimum absolute atomic E-state index is 0.0322. The second kappa shape index (κ2) is 11.6. The zero-order valence-electron chi connectivity index (χ0n) is 16.9. The first-order valence-electron chi connectivity index (χ1n) is 9.54.